The van der Waals surface area contributed by atoms with Gasteiger partial charge in [-0.3, -0.25) is 15.1 Å². The number of carbonyl (C=O) groups is 2. The summed E-state index contributed by atoms with van der Waals surface area (Å²) in [5, 5.41) is 10.6. The number of methoxy groups -OCH3 is 3. The van der Waals surface area contributed by atoms with Gasteiger partial charge in [-0.1, -0.05) is 0 Å². The highest BCUT2D eigenvalue weighted by molar-refractivity contribution is 6.02. The summed E-state index contributed by atoms with van der Waals surface area (Å²) >= 11 is 0. The second-order valence-electron chi connectivity index (χ2n) is 8.22. The molecule has 0 aliphatic carbocycles. The number of urea groups is 1. The normalized spacial score (nSPS) is 10.7. The minimum atomic E-state index is -0.724. The molecular weight excluding hydrogens is 504 g/mol. The van der Waals surface area contributed by atoms with Crippen LogP contribution in [-0.4, -0.2) is 53.0 Å². The molecule has 0 bridgehead atoms. The number of ether oxygens (including phenoxy) is 4. The molecule has 0 fully saturated rings. The number of imide groups is 1. The number of anilines is 1. The van der Waals surface area contributed by atoms with Crippen LogP contribution in [0, 0.1) is 0 Å². The Hall–Kier alpha value is -5.39. The summed E-state index contributed by atoms with van der Waals surface area (Å²) in [5.41, 5.74) is 1.55. The van der Waals surface area contributed by atoms with E-state index in [0.717, 1.165) is 10.8 Å². The van der Waals surface area contributed by atoms with Gasteiger partial charge in [-0.2, -0.15) is 5.10 Å². The fraction of sp³-hybridized carbons (Fsp3) is 0.148. The highest BCUT2D eigenvalue weighted by atomic mass is 16.5. The summed E-state index contributed by atoms with van der Waals surface area (Å²) in [5.74, 6) is 1.85. The van der Waals surface area contributed by atoms with Crippen molar-refractivity contribution in [1.82, 2.24) is 25.1 Å². The summed E-state index contributed by atoms with van der Waals surface area (Å²) in [6.45, 7) is -0.172. The SMILES string of the molecule is COc1cc(Oc2ccnc3cc(OC)c(OC)cc23)ccc1NC(=O)NC(=O)Cn1ncc2cccnc21. The van der Waals surface area contributed by atoms with E-state index in [1.165, 1.54) is 11.8 Å². The van der Waals surface area contributed by atoms with Crippen molar-refractivity contribution in [1.29, 1.82) is 0 Å². The largest absolute Gasteiger partial charge is 0.494 e. The third-order valence-electron chi connectivity index (χ3n) is 5.80. The first-order chi connectivity index (χ1) is 19.0. The van der Waals surface area contributed by atoms with Gasteiger partial charge in [-0.15, -0.1) is 0 Å². The molecule has 39 heavy (non-hydrogen) atoms. The predicted octanol–water partition coefficient (Wildman–Crippen LogP) is 4.15. The molecule has 3 heterocycles. The highest BCUT2D eigenvalue weighted by Gasteiger charge is 2.15. The van der Waals surface area contributed by atoms with E-state index >= 15 is 0 Å². The van der Waals surface area contributed by atoms with Crippen molar-refractivity contribution in [3.8, 4) is 28.7 Å². The third-order valence-corrected chi connectivity index (χ3v) is 5.80. The van der Waals surface area contributed by atoms with Gasteiger partial charge in [0.2, 0.25) is 5.91 Å². The topological polar surface area (TPSA) is 139 Å². The number of benzene rings is 2. The molecule has 2 N–H and O–H groups in total. The van der Waals surface area contributed by atoms with E-state index in [1.807, 2.05) is 6.07 Å². The Kier molecular flexibility index (Phi) is 7.08. The van der Waals surface area contributed by atoms with Crippen LogP contribution in [0.2, 0.25) is 0 Å². The van der Waals surface area contributed by atoms with Gasteiger partial charge in [0, 0.05) is 35.3 Å². The Morgan fingerprint density at radius 2 is 1.67 bits per heavy atom. The highest BCUT2D eigenvalue weighted by Crippen LogP contribution is 2.38. The number of nitrogens with one attached hydrogen (secondary N) is 2. The number of nitrogens with zero attached hydrogens (tertiary/aromatic N) is 4. The van der Waals surface area contributed by atoms with Crippen molar-refractivity contribution in [3.63, 3.8) is 0 Å². The molecule has 12 nitrogen and oxygen atoms in total. The van der Waals surface area contributed by atoms with E-state index in [1.54, 1.807) is 75.3 Å². The zero-order chi connectivity index (χ0) is 27.4. The number of carbonyl (C=O) groups excluding carboxylic acids is 2. The summed E-state index contributed by atoms with van der Waals surface area (Å²) in [4.78, 5) is 33.5. The lowest BCUT2D eigenvalue weighted by Crippen LogP contribution is -2.36. The molecule has 198 valence electrons. The first-order valence-electron chi connectivity index (χ1n) is 11.7. The van der Waals surface area contributed by atoms with Crippen molar-refractivity contribution in [2.45, 2.75) is 6.54 Å². The quantitative estimate of drug-likeness (QED) is 0.304. The lowest BCUT2D eigenvalue weighted by molar-refractivity contribution is -0.120. The molecule has 0 saturated heterocycles. The fourth-order valence-electron chi connectivity index (χ4n) is 3.99. The van der Waals surface area contributed by atoms with Gasteiger partial charge < -0.3 is 24.3 Å². The summed E-state index contributed by atoms with van der Waals surface area (Å²) in [6, 6.07) is 13.0. The Labute approximate surface area is 222 Å². The van der Waals surface area contributed by atoms with Gasteiger partial charge in [-0.25, -0.2) is 14.5 Å². The molecular formula is C27H24N6O6. The lowest BCUT2D eigenvalue weighted by atomic mass is 10.2. The monoisotopic (exact) mass is 528 g/mol. The van der Waals surface area contributed by atoms with Crippen LogP contribution in [0.1, 0.15) is 0 Å². The number of pyridine rings is 2. The van der Waals surface area contributed by atoms with Gasteiger partial charge in [0.05, 0.1) is 38.7 Å². The number of rotatable bonds is 8. The molecule has 2 aromatic carbocycles. The van der Waals surface area contributed by atoms with Gasteiger partial charge in [-0.05, 0) is 36.4 Å². The van der Waals surface area contributed by atoms with E-state index in [9.17, 15) is 9.59 Å². The fourth-order valence-corrected chi connectivity index (χ4v) is 3.99. The van der Waals surface area contributed by atoms with Crippen molar-refractivity contribution < 1.29 is 28.5 Å². The Balaban J connectivity index is 1.28. The Morgan fingerprint density at radius 3 is 2.46 bits per heavy atom. The second kappa shape index (κ2) is 10.9. The summed E-state index contributed by atoms with van der Waals surface area (Å²) < 4.78 is 23.7. The lowest BCUT2D eigenvalue weighted by Gasteiger charge is -2.14. The standard InChI is InChI=1S/C27H24N6O6/c1-36-22-11-17(39-21-8-10-28-20-13-24(38-3)23(37-2)12-18(20)21)6-7-19(22)31-27(35)32-25(34)15-33-26-16(14-30-33)5-4-9-29-26/h4-14H,15H2,1-3H3,(H2,31,32,34,35). The Morgan fingerprint density at radius 1 is 0.872 bits per heavy atom. The van der Waals surface area contributed by atoms with Crippen LogP contribution in [0.3, 0.4) is 0 Å². The molecule has 0 radical (unpaired) electrons. The average Bonchev–Trinajstić information content (AvgIpc) is 3.35. The van der Waals surface area contributed by atoms with Gasteiger partial charge in [0.15, 0.2) is 17.1 Å². The Bertz CT molecular complexity index is 1680. The predicted molar refractivity (Wildman–Crippen MR) is 143 cm³/mol. The molecule has 3 amide bonds. The van der Waals surface area contributed by atoms with Crippen molar-refractivity contribution in [3.05, 3.63) is 67.1 Å². The van der Waals surface area contributed by atoms with E-state index < -0.39 is 11.9 Å². The second-order valence-corrected chi connectivity index (χ2v) is 8.22. The number of hydrogen-bond acceptors (Lipinski definition) is 9. The zero-order valence-corrected chi connectivity index (χ0v) is 21.3. The zero-order valence-electron chi connectivity index (χ0n) is 21.3. The summed E-state index contributed by atoms with van der Waals surface area (Å²) in [6.07, 6.45) is 4.84. The smallest absolute Gasteiger partial charge is 0.326 e. The molecule has 12 heteroatoms. The van der Waals surface area contributed by atoms with E-state index in [2.05, 4.69) is 25.7 Å². The minimum absolute atomic E-state index is 0.172. The maximum absolute atomic E-state index is 12.5. The van der Waals surface area contributed by atoms with Crippen LogP contribution in [0.4, 0.5) is 10.5 Å². The molecule has 0 spiro atoms. The van der Waals surface area contributed by atoms with Crippen LogP contribution in [0.5, 0.6) is 28.7 Å². The molecule has 5 aromatic rings. The van der Waals surface area contributed by atoms with Crippen molar-refractivity contribution in [2.24, 2.45) is 0 Å². The summed E-state index contributed by atoms with van der Waals surface area (Å²) in [7, 11) is 4.57. The molecule has 3 aromatic heterocycles. The van der Waals surface area contributed by atoms with Crippen LogP contribution < -0.4 is 29.6 Å². The number of amides is 3. The van der Waals surface area contributed by atoms with E-state index in [0.29, 0.717) is 45.6 Å². The molecule has 0 aliphatic heterocycles. The first-order valence-corrected chi connectivity index (χ1v) is 11.7. The molecule has 0 atom stereocenters. The molecule has 0 unspecified atom stereocenters. The average molecular weight is 529 g/mol. The van der Waals surface area contributed by atoms with Gasteiger partial charge >= 0.3 is 6.03 Å². The number of aromatic nitrogens is 4. The van der Waals surface area contributed by atoms with Crippen molar-refractivity contribution in [2.75, 3.05) is 26.6 Å². The van der Waals surface area contributed by atoms with Gasteiger partial charge in [0.25, 0.3) is 0 Å². The van der Waals surface area contributed by atoms with Crippen LogP contribution in [-0.2, 0) is 11.3 Å². The number of hydrogen-bond donors (Lipinski definition) is 2. The van der Waals surface area contributed by atoms with Crippen LogP contribution in [0.15, 0.2) is 67.1 Å². The maximum atomic E-state index is 12.5. The number of fused-ring (bicyclic) bond motifs is 2. The third kappa shape index (κ3) is 5.34. The van der Waals surface area contributed by atoms with Crippen LogP contribution >= 0.6 is 0 Å². The van der Waals surface area contributed by atoms with Crippen molar-refractivity contribution >= 4 is 39.6 Å². The molecule has 5 rings (SSSR count). The first kappa shape index (κ1) is 25.3. The molecule has 0 saturated carbocycles. The molecule has 0 aliphatic rings. The minimum Gasteiger partial charge on any atom is -0.494 e. The van der Waals surface area contributed by atoms with Gasteiger partial charge in [0.1, 0.15) is 23.8 Å². The van der Waals surface area contributed by atoms with Crippen LogP contribution in [0.25, 0.3) is 21.9 Å². The van der Waals surface area contributed by atoms with E-state index in [4.69, 9.17) is 18.9 Å². The maximum Gasteiger partial charge on any atom is 0.326 e. The van der Waals surface area contributed by atoms with E-state index in [-0.39, 0.29) is 6.54 Å².